The number of hydrogen-bond donors (Lipinski definition) is 0. The summed E-state index contributed by atoms with van der Waals surface area (Å²) in [6.45, 7) is 0. The molecule has 142 valence electrons. The van der Waals surface area contributed by atoms with Gasteiger partial charge in [0.25, 0.3) is 0 Å². The van der Waals surface area contributed by atoms with Gasteiger partial charge in [0.15, 0.2) is 10.6 Å². The quantitative estimate of drug-likeness (QED) is 0.185. The van der Waals surface area contributed by atoms with E-state index in [0.717, 1.165) is 19.5 Å². The van der Waals surface area contributed by atoms with Gasteiger partial charge >= 0.3 is 0 Å². The van der Waals surface area contributed by atoms with Gasteiger partial charge in [0.1, 0.15) is 19.5 Å². The van der Waals surface area contributed by atoms with Crippen molar-refractivity contribution in [2.75, 3.05) is 0 Å². The van der Waals surface area contributed by atoms with Crippen molar-refractivity contribution in [1.82, 2.24) is 29.9 Å². The van der Waals surface area contributed by atoms with Crippen LogP contribution in [0.5, 0.6) is 0 Å². The number of nitrogens with zero attached hydrogens (tertiary/aromatic N) is 6. The summed E-state index contributed by atoms with van der Waals surface area (Å²) in [7, 11) is 0. The van der Waals surface area contributed by atoms with Crippen molar-refractivity contribution in [3.05, 3.63) is 91.9 Å². The largest absolute Gasteiger partial charge is 0.238 e. The normalized spacial score (nSPS) is 9.43. The van der Waals surface area contributed by atoms with E-state index in [0.29, 0.717) is 10.6 Å². The third-order valence-electron chi connectivity index (χ3n) is 2.73. The van der Waals surface area contributed by atoms with E-state index < -0.39 is 0 Å². The van der Waals surface area contributed by atoms with Crippen molar-refractivity contribution in [1.29, 1.82) is 0 Å². The maximum atomic E-state index is 4.24. The number of hydrogen-bond acceptors (Lipinski definition) is 6. The smallest absolute Gasteiger partial charge is 0.196 e. The summed E-state index contributed by atoms with van der Waals surface area (Å²) in [5.74, 6) is 0.642. The van der Waals surface area contributed by atoms with E-state index in [1.807, 2.05) is 36.4 Å². The molecule has 6 nitrogen and oxygen atoms in total. The average Bonchev–Trinajstić information content (AvgIpc) is 2.70. The Bertz CT molecular complexity index is 956. The lowest BCUT2D eigenvalue weighted by Crippen LogP contribution is -1.89. The molecular formula is C18H12Br4N6. The second-order valence-corrected chi connectivity index (χ2v) is 7.87. The first kappa shape index (κ1) is 22.7. The maximum absolute atomic E-state index is 4.24. The number of rotatable bonds is 1. The molecule has 0 aliphatic carbocycles. The minimum Gasteiger partial charge on any atom is -0.238 e. The summed E-state index contributed by atoms with van der Waals surface area (Å²) in [5.41, 5.74) is 0.773. The van der Waals surface area contributed by atoms with Crippen LogP contribution < -0.4 is 0 Å². The van der Waals surface area contributed by atoms with E-state index in [-0.39, 0.29) is 0 Å². The van der Waals surface area contributed by atoms with Gasteiger partial charge in [-0.3, -0.25) is 0 Å². The molecule has 0 spiro atoms. The highest BCUT2D eigenvalue weighted by molar-refractivity contribution is 9.11. The van der Waals surface area contributed by atoms with Crippen LogP contribution in [0.3, 0.4) is 0 Å². The molecule has 0 amide bonds. The minimum absolute atomic E-state index is 0.634. The van der Waals surface area contributed by atoms with Crippen LogP contribution in [0.15, 0.2) is 91.9 Å². The molecule has 0 fully saturated rings. The molecule has 0 atom stereocenters. The Labute approximate surface area is 195 Å². The van der Waals surface area contributed by atoms with E-state index in [2.05, 4.69) is 93.6 Å². The van der Waals surface area contributed by atoms with Crippen LogP contribution in [0.2, 0.25) is 0 Å². The van der Waals surface area contributed by atoms with Gasteiger partial charge in [0, 0.05) is 24.8 Å². The highest BCUT2D eigenvalue weighted by atomic mass is 79.9. The number of halogens is 4. The molecule has 4 heterocycles. The molecule has 0 aliphatic heterocycles. The molecule has 0 aromatic carbocycles. The molecule has 4 rings (SSSR count). The SMILES string of the molecule is Brc1cccc(-c2ncccn2)n1.Brc1cccc(Br)n1.Brc1ncccn1. The Hall–Kier alpha value is -1.62. The van der Waals surface area contributed by atoms with Crippen molar-refractivity contribution in [3.8, 4) is 11.5 Å². The minimum atomic E-state index is 0.634. The number of aromatic nitrogens is 6. The first-order valence-corrected chi connectivity index (χ1v) is 10.8. The van der Waals surface area contributed by atoms with Crippen LogP contribution in [0.25, 0.3) is 11.5 Å². The zero-order chi connectivity index (χ0) is 20.2. The first-order valence-electron chi connectivity index (χ1n) is 7.65. The standard InChI is InChI=1S/C9H6BrN3.C5H3Br2N.C4H3BrN2/c10-8-4-1-3-7(13-8)9-11-5-2-6-12-9;6-4-2-1-3-5(7)8-4;5-4-6-2-1-3-7-4/h1-6H;1-3H;1-3H. The lowest BCUT2D eigenvalue weighted by molar-refractivity contribution is 1.11. The molecule has 4 aromatic rings. The van der Waals surface area contributed by atoms with E-state index in [9.17, 15) is 0 Å². The van der Waals surface area contributed by atoms with Crippen LogP contribution in [-0.2, 0) is 0 Å². The molecule has 0 unspecified atom stereocenters. The van der Waals surface area contributed by atoms with Crippen LogP contribution in [-0.4, -0.2) is 29.9 Å². The van der Waals surface area contributed by atoms with Gasteiger partial charge in [-0.2, -0.15) is 0 Å². The number of pyridine rings is 2. The zero-order valence-corrected chi connectivity index (χ0v) is 20.5. The predicted octanol–water partition coefficient (Wildman–Crippen LogP) is 6.15. The summed E-state index contributed by atoms with van der Waals surface area (Å²) in [6.07, 6.45) is 6.75. The van der Waals surface area contributed by atoms with Gasteiger partial charge in [-0.25, -0.2) is 29.9 Å². The van der Waals surface area contributed by atoms with Crippen LogP contribution in [0.4, 0.5) is 0 Å². The molecular weight excluding hydrogens is 620 g/mol. The molecule has 0 radical (unpaired) electrons. The molecule has 10 heteroatoms. The lowest BCUT2D eigenvalue weighted by atomic mass is 10.3. The third kappa shape index (κ3) is 9.05. The topological polar surface area (TPSA) is 77.3 Å². The second kappa shape index (κ2) is 12.8. The fourth-order valence-corrected chi connectivity index (χ4v) is 3.13. The van der Waals surface area contributed by atoms with Gasteiger partial charge < -0.3 is 0 Å². The Kier molecular flexibility index (Phi) is 10.3. The fourth-order valence-electron chi connectivity index (χ4n) is 1.63. The monoisotopic (exact) mass is 628 g/mol. The van der Waals surface area contributed by atoms with Crippen LogP contribution >= 0.6 is 63.7 Å². The summed E-state index contributed by atoms with van der Waals surface area (Å²) >= 11 is 12.8. The highest BCUT2D eigenvalue weighted by Gasteiger charge is 2.00. The molecule has 0 aliphatic rings. The van der Waals surface area contributed by atoms with Gasteiger partial charge in [-0.1, -0.05) is 12.1 Å². The Morgan fingerprint density at radius 1 is 0.500 bits per heavy atom. The fraction of sp³-hybridized carbons (Fsp3) is 0. The summed E-state index contributed by atoms with van der Waals surface area (Å²) in [5, 5.41) is 0. The predicted molar refractivity (Wildman–Crippen MR) is 122 cm³/mol. The van der Waals surface area contributed by atoms with E-state index in [1.54, 1.807) is 36.9 Å². The molecule has 4 aromatic heterocycles. The highest BCUT2D eigenvalue weighted by Crippen LogP contribution is 2.13. The van der Waals surface area contributed by atoms with Crippen molar-refractivity contribution in [3.63, 3.8) is 0 Å². The van der Waals surface area contributed by atoms with Gasteiger partial charge in [-0.05, 0) is 100 Å². The summed E-state index contributed by atoms with van der Waals surface area (Å²) < 4.78 is 3.13. The Balaban J connectivity index is 0.000000161. The average molecular weight is 632 g/mol. The molecule has 0 N–H and O–H groups in total. The Morgan fingerprint density at radius 3 is 1.36 bits per heavy atom. The van der Waals surface area contributed by atoms with E-state index in [4.69, 9.17) is 0 Å². The Morgan fingerprint density at radius 2 is 0.964 bits per heavy atom. The lowest BCUT2D eigenvalue weighted by Gasteiger charge is -1.97. The summed E-state index contributed by atoms with van der Waals surface area (Å²) in [6, 6.07) is 14.9. The maximum Gasteiger partial charge on any atom is 0.196 e. The zero-order valence-electron chi connectivity index (χ0n) is 14.1. The van der Waals surface area contributed by atoms with E-state index in [1.165, 1.54) is 0 Å². The third-order valence-corrected chi connectivity index (χ3v) is 4.46. The van der Waals surface area contributed by atoms with Crippen LogP contribution in [0, 0.1) is 0 Å². The molecule has 28 heavy (non-hydrogen) atoms. The van der Waals surface area contributed by atoms with Crippen molar-refractivity contribution < 1.29 is 0 Å². The molecule has 0 saturated carbocycles. The first-order chi connectivity index (χ1) is 13.5. The van der Waals surface area contributed by atoms with Crippen molar-refractivity contribution >= 4 is 63.7 Å². The van der Waals surface area contributed by atoms with Crippen molar-refractivity contribution in [2.24, 2.45) is 0 Å². The summed E-state index contributed by atoms with van der Waals surface area (Å²) in [4.78, 5) is 24.0. The van der Waals surface area contributed by atoms with Crippen LogP contribution in [0.1, 0.15) is 0 Å². The van der Waals surface area contributed by atoms with Gasteiger partial charge in [0.2, 0.25) is 0 Å². The molecule has 0 bridgehead atoms. The van der Waals surface area contributed by atoms with Crippen molar-refractivity contribution in [2.45, 2.75) is 0 Å². The van der Waals surface area contributed by atoms with Gasteiger partial charge in [-0.15, -0.1) is 0 Å². The van der Waals surface area contributed by atoms with E-state index >= 15 is 0 Å². The van der Waals surface area contributed by atoms with Gasteiger partial charge in [0.05, 0.1) is 0 Å². The molecule has 0 saturated heterocycles. The second-order valence-electron chi connectivity index (χ2n) is 4.72.